The number of fused-ring (bicyclic) bond motifs is 3. The summed E-state index contributed by atoms with van der Waals surface area (Å²) in [5.74, 6) is 0. The standard InChI is InChI=1S/C35H34N3.3C4H9.Sn/c1-3-4-5-12-24-37-34-21-19-27(33-18-13-23-36(33)2)25-31(34)32-26-30(20-22-35(32)37)38(28-14-8-6-9-15-28)29-16-10-7-11-17-29;3*1-3-4-2;/h6-11,13-22,25-26H,3-5,12,24H2,1-2H3;3*1,3-4H2,2H3;. The van der Waals surface area contributed by atoms with E-state index in [1.807, 2.05) is 0 Å². The zero-order chi connectivity index (χ0) is 35.6. The number of nitrogens with zero attached hydrogens (tertiary/aromatic N) is 3. The number of benzene rings is 4. The predicted octanol–water partition coefficient (Wildman–Crippen LogP) is 13.9. The number of aromatic nitrogens is 2. The molecule has 4 aromatic carbocycles. The third-order valence-corrected chi connectivity index (χ3v) is 27.1. The van der Waals surface area contributed by atoms with E-state index in [1.54, 1.807) is 3.71 Å². The Balaban J connectivity index is 1.49. The molecule has 0 radical (unpaired) electrons. The van der Waals surface area contributed by atoms with Gasteiger partial charge >= 0.3 is 265 Å². The van der Waals surface area contributed by atoms with Crippen molar-refractivity contribution in [2.75, 3.05) is 4.90 Å². The van der Waals surface area contributed by atoms with Gasteiger partial charge in [0.05, 0.1) is 0 Å². The summed E-state index contributed by atoms with van der Waals surface area (Å²) in [5, 5.41) is 2.70. The van der Waals surface area contributed by atoms with E-state index in [0.29, 0.717) is 0 Å². The molecule has 0 amide bonds. The fraction of sp³-hybridized carbons (Fsp3) is 0.404. The van der Waals surface area contributed by atoms with Crippen LogP contribution in [-0.2, 0) is 13.6 Å². The monoisotopic (exact) mass is 787 g/mol. The van der Waals surface area contributed by atoms with E-state index >= 15 is 0 Å². The summed E-state index contributed by atoms with van der Waals surface area (Å²) in [4.78, 5) is 2.40. The molecule has 6 aromatic rings. The molecule has 4 heteroatoms. The van der Waals surface area contributed by atoms with Crippen LogP contribution < -0.4 is 8.61 Å². The number of rotatable bonds is 19. The Morgan fingerprint density at radius 2 is 1.06 bits per heavy atom. The van der Waals surface area contributed by atoms with E-state index in [2.05, 4.69) is 158 Å². The van der Waals surface area contributed by atoms with Gasteiger partial charge in [0, 0.05) is 0 Å². The molecule has 3 nitrogen and oxygen atoms in total. The second kappa shape index (κ2) is 17.9. The number of anilines is 3. The summed E-state index contributed by atoms with van der Waals surface area (Å²) >= 11 is -2.60. The number of para-hydroxylation sites is 2. The fourth-order valence-electron chi connectivity index (χ4n) is 8.57. The van der Waals surface area contributed by atoms with Crippen molar-refractivity contribution in [3.05, 3.63) is 109 Å². The van der Waals surface area contributed by atoms with Crippen LogP contribution in [0.4, 0.5) is 17.1 Å². The van der Waals surface area contributed by atoms with Gasteiger partial charge in [-0.25, -0.2) is 0 Å². The van der Waals surface area contributed by atoms with Crippen molar-refractivity contribution in [2.45, 2.75) is 112 Å². The number of hydrogen-bond acceptors (Lipinski definition) is 1. The zero-order valence-corrected chi connectivity index (χ0v) is 35.0. The maximum absolute atomic E-state index is 2.65. The second-order valence-electron chi connectivity index (χ2n) is 14.9. The van der Waals surface area contributed by atoms with Crippen molar-refractivity contribution < 1.29 is 0 Å². The molecule has 0 aliphatic heterocycles. The predicted molar refractivity (Wildman–Crippen MR) is 227 cm³/mol. The number of unbranched alkanes of at least 4 members (excludes halogenated alkanes) is 6. The summed E-state index contributed by atoms with van der Waals surface area (Å²) in [6.07, 6.45) is 13.1. The topological polar surface area (TPSA) is 13.1 Å². The van der Waals surface area contributed by atoms with E-state index < -0.39 is 18.4 Å². The van der Waals surface area contributed by atoms with Crippen LogP contribution in [0.2, 0.25) is 13.3 Å². The van der Waals surface area contributed by atoms with Crippen LogP contribution in [0.1, 0.15) is 91.9 Å². The molecule has 0 N–H and O–H groups in total. The summed E-state index contributed by atoms with van der Waals surface area (Å²) in [5.41, 5.74) is 8.96. The van der Waals surface area contributed by atoms with Crippen LogP contribution in [0, 0.1) is 0 Å². The molecule has 0 saturated heterocycles. The van der Waals surface area contributed by atoms with Crippen molar-refractivity contribution in [2.24, 2.45) is 7.05 Å². The molecule has 6 rings (SSSR count). The molecule has 0 atom stereocenters. The Hall–Kier alpha value is -3.44. The Kier molecular flexibility index (Phi) is 13.1. The average Bonchev–Trinajstić information content (AvgIpc) is 3.71. The van der Waals surface area contributed by atoms with Gasteiger partial charge in [-0.15, -0.1) is 0 Å². The number of hydrogen-bond donors (Lipinski definition) is 0. The first-order chi connectivity index (χ1) is 25.0. The Morgan fingerprint density at radius 1 is 0.510 bits per heavy atom. The summed E-state index contributed by atoms with van der Waals surface area (Å²) in [7, 11) is 2.39. The Labute approximate surface area is 312 Å². The van der Waals surface area contributed by atoms with Crippen LogP contribution in [-0.4, -0.2) is 27.5 Å². The van der Waals surface area contributed by atoms with E-state index in [1.165, 1.54) is 128 Å². The van der Waals surface area contributed by atoms with Crippen molar-refractivity contribution in [1.29, 1.82) is 0 Å². The first-order valence-corrected chi connectivity index (χ1v) is 27.7. The third kappa shape index (κ3) is 8.14. The molecule has 0 aliphatic rings. The first kappa shape index (κ1) is 37.3. The number of aryl methyl sites for hydroxylation is 1. The van der Waals surface area contributed by atoms with Crippen molar-refractivity contribution in [1.82, 2.24) is 9.13 Å². The quantitative estimate of drug-likeness (QED) is 0.0589. The molecule has 2 heterocycles. The molecule has 0 bridgehead atoms. The van der Waals surface area contributed by atoms with Gasteiger partial charge in [-0.2, -0.15) is 0 Å². The van der Waals surface area contributed by atoms with Crippen LogP contribution in [0.3, 0.4) is 0 Å². The third-order valence-electron chi connectivity index (χ3n) is 11.4. The molecular weight excluding hydrogens is 725 g/mol. The average molecular weight is 787 g/mol. The molecule has 0 fully saturated rings. The summed E-state index contributed by atoms with van der Waals surface area (Å²) in [6, 6.07) is 41.1. The minimum atomic E-state index is -2.60. The van der Waals surface area contributed by atoms with Gasteiger partial charge in [0.1, 0.15) is 0 Å². The van der Waals surface area contributed by atoms with Gasteiger partial charge < -0.3 is 0 Å². The van der Waals surface area contributed by atoms with Crippen LogP contribution in [0.5, 0.6) is 0 Å². The fourth-order valence-corrected chi connectivity index (χ4v) is 25.3. The molecule has 0 unspecified atom stereocenters. The van der Waals surface area contributed by atoms with Gasteiger partial charge in [-0.3, -0.25) is 0 Å². The van der Waals surface area contributed by atoms with Crippen LogP contribution in [0.15, 0.2) is 109 Å². The molecule has 0 spiro atoms. The SMILES string of the molecule is CCCCCCn1c2ccc(-c3cc[c]([Sn]([CH2]CCC)([CH2]CCC)[CH2]CCC)n3C)cc2c2cc(N(c3ccccc3)c3ccccc3)ccc21. The molecule has 0 saturated carbocycles. The second-order valence-corrected chi connectivity index (χ2v) is 28.0. The van der Waals surface area contributed by atoms with E-state index in [-0.39, 0.29) is 0 Å². The van der Waals surface area contributed by atoms with E-state index in [9.17, 15) is 0 Å². The van der Waals surface area contributed by atoms with Gasteiger partial charge in [0.25, 0.3) is 0 Å². The van der Waals surface area contributed by atoms with Gasteiger partial charge in [-0.05, 0) is 0 Å². The minimum absolute atomic E-state index is 1.05. The molecule has 51 heavy (non-hydrogen) atoms. The first-order valence-electron chi connectivity index (χ1n) is 20.2. The van der Waals surface area contributed by atoms with Crippen LogP contribution >= 0.6 is 0 Å². The summed E-state index contributed by atoms with van der Waals surface area (Å²) in [6.45, 7) is 10.5. The van der Waals surface area contributed by atoms with Crippen molar-refractivity contribution in [3.8, 4) is 11.3 Å². The van der Waals surface area contributed by atoms with E-state index in [4.69, 9.17) is 0 Å². The zero-order valence-electron chi connectivity index (χ0n) is 32.1. The summed E-state index contributed by atoms with van der Waals surface area (Å²) < 4.78 is 11.5. The van der Waals surface area contributed by atoms with Gasteiger partial charge in [0.15, 0.2) is 0 Å². The maximum atomic E-state index is 2.65. The van der Waals surface area contributed by atoms with Crippen LogP contribution in [0.25, 0.3) is 33.1 Å². The Morgan fingerprint density at radius 3 is 1.63 bits per heavy atom. The van der Waals surface area contributed by atoms with Crippen molar-refractivity contribution >= 4 is 61.0 Å². The molecule has 2 aromatic heterocycles. The van der Waals surface area contributed by atoms with E-state index in [0.717, 1.165) is 6.54 Å². The van der Waals surface area contributed by atoms with Gasteiger partial charge in [-0.1, -0.05) is 49.7 Å². The molecule has 268 valence electrons. The van der Waals surface area contributed by atoms with Crippen molar-refractivity contribution in [3.63, 3.8) is 0 Å². The molecule has 0 aliphatic carbocycles. The van der Waals surface area contributed by atoms with Gasteiger partial charge in [0.2, 0.25) is 0 Å². The molecular formula is C47H61N3Sn. The Bertz CT molecular complexity index is 1910. The normalized spacial score (nSPS) is 11.9.